The predicted octanol–water partition coefficient (Wildman–Crippen LogP) is 5.28. The zero-order chi connectivity index (χ0) is 18.2. The maximum Gasteiger partial charge on any atom is 0.0905 e. The quantitative estimate of drug-likeness (QED) is 0.488. The Hall–Kier alpha value is -3.33. The van der Waals surface area contributed by atoms with E-state index in [-0.39, 0.29) is 0 Å². The molecule has 1 N–H and O–H groups in total. The summed E-state index contributed by atoms with van der Waals surface area (Å²) in [6.45, 7) is 0. The van der Waals surface area contributed by atoms with E-state index in [4.69, 9.17) is 0 Å². The smallest absolute Gasteiger partial charge is 0.0905 e. The highest BCUT2D eigenvalue weighted by atomic mass is 15.3. The Balaban J connectivity index is 1.83. The largest absolute Gasteiger partial charge is 0.378 e. The highest BCUT2D eigenvalue weighted by Crippen LogP contribution is 2.14. The van der Waals surface area contributed by atoms with E-state index in [1.165, 1.54) is 5.69 Å². The molecule has 0 radical (unpaired) electrons. The molecule has 130 valence electrons. The summed E-state index contributed by atoms with van der Waals surface area (Å²) in [5, 5.41) is 4.60. The van der Waals surface area contributed by atoms with Gasteiger partial charge in [-0.25, -0.2) is 0 Å². The Bertz CT molecular complexity index is 864. The molecule has 0 amide bonds. The van der Waals surface area contributed by atoms with E-state index in [0.29, 0.717) is 0 Å². The van der Waals surface area contributed by atoms with E-state index < -0.39 is 0 Å². The second-order valence-electron chi connectivity index (χ2n) is 6.16. The summed E-state index contributed by atoms with van der Waals surface area (Å²) in [6, 6.07) is 28.6. The maximum absolute atomic E-state index is 4.60. The first-order chi connectivity index (χ1) is 12.7. The number of hydrogen-bond donors (Lipinski definition) is 1. The van der Waals surface area contributed by atoms with E-state index in [0.717, 1.165) is 22.5 Å². The molecule has 0 fully saturated rings. The molecule has 0 heterocycles. The summed E-state index contributed by atoms with van der Waals surface area (Å²) in [5.74, 6) is 0. The van der Waals surface area contributed by atoms with Crippen LogP contribution in [0.2, 0.25) is 0 Å². The molecule has 3 rings (SSSR count). The van der Waals surface area contributed by atoms with Crippen LogP contribution in [0.3, 0.4) is 0 Å². The molecule has 0 unspecified atom stereocenters. The van der Waals surface area contributed by atoms with Gasteiger partial charge in [0.15, 0.2) is 0 Å². The van der Waals surface area contributed by atoms with E-state index in [9.17, 15) is 0 Å². The minimum absolute atomic E-state index is 0.881. The van der Waals surface area contributed by atoms with Crippen molar-refractivity contribution < 1.29 is 0 Å². The topological polar surface area (TPSA) is 27.6 Å². The lowest BCUT2D eigenvalue weighted by Gasteiger charge is -2.11. The summed E-state index contributed by atoms with van der Waals surface area (Å²) in [7, 11) is 4.08. The number of rotatable bonds is 6. The molecule has 3 nitrogen and oxygen atoms in total. The van der Waals surface area contributed by atoms with Crippen LogP contribution < -0.4 is 10.3 Å². The fourth-order valence-corrected chi connectivity index (χ4v) is 2.50. The van der Waals surface area contributed by atoms with Crippen LogP contribution in [0.15, 0.2) is 96.1 Å². The SMILES string of the molecule is CN(C)c1ccc(C=CC(=NNc2ccccc2)c2ccccc2)cc1. The van der Waals surface area contributed by atoms with E-state index in [1.807, 2.05) is 68.7 Å². The first-order valence-corrected chi connectivity index (χ1v) is 8.62. The van der Waals surface area contributed by atoms with Gasteiger partial charge in [0.05, 0.1) is 11.4 Å². The van der Waals surface area contributed by atoms with Gasteiger partial charge in [-0.1, -0.05) is 66.7 Å². The van der Waals surface area contributed by atoms with Crippen molar-refractivity contribution in [1.29, 1.82) is 0 Å². The van der Waals surface area contributed by atoms with Crippen LogP contribution in [-0.2, 0) is 0 Å². The molecule has 0 spiro atoms. The molecular weight excluding hydrogens is 318 g/mol. The van der Waals surface area contributed by atoms with Gasteiger partial charge in [0, 0.05) is 25.3 Å². The second kappa shape index (κ2) is 8.67. The molecule has 26 heavy (non-hydrogen) atoms. The fourth-order valence-electron chi connectivity index (χ4n) is 2.50. The van der Waals surface area contributed by atoms with Crippen molar-refractivity contribution in [1.82, 2.24) is 0 Å². The van der Waals surface area contributed by atoms with Crippen LogP contribution in [0.5, 0.6) is 0 Å². The van der Waals surface area contributed by atoms with Crippen molar-refractivity contribution in [2.45, 2.75) is 0 Å². The molecule has 0 atom stereocenters. The van der Waals surface area contributed by atoms with Crippen LogP contribution >= 0.6 is 0 Å². The zero-order valence-corrected chi connectivity index (χ0v) is 15.1. The van der Waals surface area contributed by atoms with Gasteiger partial charge in [-0.3, -0.25) is 5.43 Å². The molecule has 0 aliphatic carbocycles. The first kappa shape index (κ1) is 17.5. The van der Waals surface area contributed by atoms with Gasteiger partial charge >= 0.3 is 0 Å². The first-order valence-electron chi connectivity index (χ1n) is 8.62. The number of benzene rings is 3. The van der Waals surface area contributed by atoms with Crippen molar-refractivity contribution in [2.24, 2.45) is 5.10 Å². The number of para-hydroxylation sites is 1. The van der Waals surface area contributed by atoms with Gasteiger partial charge in [-0.05, 0) is 35.9 Å². The standard InChI is InChI=1S/C23H23N3/c1-26(2)22-16-13-19(14-17-22)15-18-23(20-9-5-3-6-10-20)25-24-21-11-7-4-8-12-21/h3-18,24H,1-2H3. The summed E-state index contributed by atoms with van der Waals surface area (Å²) >= 11 is 0. The number of anilines is 2. The third-order valence-electron chi connectivity index (χ3n) is 3.99. The Morgan fingerprint density at radius 3 is 2.04 bits per heavy atom. The van der Waals surface area contributed by atoms with Crippen LogP contribution in [0.1, 0.15) is 11.1 Å². The lowest BCUT2D eigenvalue weighted by molar-refractivity contribution is 1.13. The van der Waals surface area contributed by atoms with Crippen LogP contribution in [0, 0.1) is 0 Å². The van der Waals surface area contributed by atoms with Crippen molar-refractivity contribution >= 4 is 23.2 Å². The molecule has 0 bridgehead atoms. The Kier molecular flexibility index (Phi) is 5.84. The highest BCUT2D eigenvalue weighted by molar-refractivity contribution is 6.11. The van der Waals surface area contributed by atoms with Crippen LogP contribution in [0.4, 0.5) is 11.4 Å². The predicted molar refractivity (Wildman–Crippen MR) is 113 cm³/mol. The molecule has 3 aromatic rings. The molecular formula is C23H23N3. The Labute approximate surface area is 155 Å². The summed E-state index contributed by atoms with van der Waals surface area (Å²) in [5.41, 5.74) is 8.37. The van der Waals surface area contributed by atoms with Crippen molar-refractivity contribution in [2.75, 3.05) is 24.4 Å². The molecule has 0 aliphatic heterocycles. The van der Waals surface area contributed by atoms with Crippen LogP contribution in [-0.4, -0.2) is 19.8 Å². The Morgan fingerprint density at radius 2 is 1.42 bits per heavy atom. The number of nitrogens with one attached hydrogen (secondary N) is 1. The Morgan fingerprint density at radius 1 is 0.808 bits per heavy atom. The molecule has 0 saturated heterocycles. The molecule has 0 aromatic heterocycles. The lowest BCUT2D eigenvalue weighted by atomic mass is 10.1. The van der Waals surface area contributed by atoms with Gasteiger partial charge in [-0.15, -0.1) is 0 Å². The minimum atomic E-state index is 0.881. The molecule has 0 aliphatic rings. The maximum atomic E-state index is 4.60. The van der Waals surface area contributed by atoms with Gasteiger partial charge in [0.1, 0.15) is 0 Å². The monoisotopic (exact) mass is 341 g/mol. The molecule has 3 heteroatoms. The number of hydrazone groups is 1. The summed E-state index contributed by atoms with van der Waals surface area (Å²) in [6.07, 6.45) is 4.12. The van der Waals surface area contributed by atoms with Crippen molar-refractivity contribution in [3.05, 3.63) is 102 Å². The van der Waals surface area contributed by atoms with Crippen molar-refractivity contribution in [3.8, 4) is 0 Å². The van der Waals surface area contributed by atoms with E-state index >= 15 is 0 Å². The highest BCUT2D eigenvalue weighted by Gasteiger charge is 2.00. The van der Waals surface area contributed by atoms with Gasteiger partial charge in [-0.2, -0.15) is 5.10 Å². The number of hydrogen-bond acceptors (Lipinski definition) is 3. The third kappa shape index (κ3) is 4.84. The van der Waals surface area contributed by atoms with Gasteiger partial charge < -0.3 is 4.90 Å². The molecule has 3 aromatic carbocycles. The molecule has 0 saturated carbocycles. The van der Waals surface area contributed by atoms with E-state index in [2.05, 4.69) is 57.9 Å². The van der Waals surface area contributed by atoms with E-state index in [1.54, 1.807) is 0 Å². The lowest BCUT2D eigenvalue weighted by Crippen LogP contribution is -2.07. The number of allylic oxidation sites excluding steroid dienone is 1. The third-order valence-corrected chi connectivity index (χ3v) is 3.99. The summed E-state index contributed by atoms with van der Waals surface area (Å²) in [4.78, 5) is 2.09. The number of nitrogens with zero attached hydrogens (tertiary/aromatic N) is 2. The van der Waals surface area contributed by atoms with Gasteiger partial charge in [0.25, 0.3) is 0 Å². The normalized spacial score (nSPS) is 11.5. The average molecular weight is 341 g/mol. The second-order valence-corrected chi connectivity index (χ2v) is 6.16. The average Bonchev–Trinajstić information content (AvgIpc) is 2.70. The summed E-state index contributed by atoms with van der Waals surface area (Å²) < 4.78 is 0. The van der Waals surface area contributed by atoms with Gasteiger partial charge in [0.2, 0.25) is 0 Å². The zero-order valence-electron chi connectivity index (χ0n) is 15.1. The van der Waals surface area contributed by atoms with Crippen LogP contribution in [0.25, 0.3) is 6.08 Å². The van der Waals surface area contributed by atoms with Crippen molar-refractivity contribution in [3.63, 3.8) is 0 Å². The minimum Gasteiger partial charge on any atom is -0.378 e. The fraction of sp³-hybridized carbons (Fsp3) is 0.0870.